The molecule has 0 aromatic heterocycles. The molecule has 0 bridgehead atoms. The Morgan fingerprint density at radius 1 is 0.846 bits per heavy atom. The van der Waals surface area contributed by atoms with Crippen LogP contribution in [0.3, 0.4) is 0 Å². The van der Waals surface area contributed by atoms with Gasteiger partial charge in [-0.1, -0.05) is 36.4 Å². The van der Waals surface area contributed by atoms with E-state index < -0.39 is 0 Å². The maximum atomic E-state index is 9.37. The summed E-state index contributed by atoms with van der Waals surface area (Å²) in [6, 6.07) is 13.3. The van der Waals surface area contributed by atoms with Gasteiger partial charge in [-0.2, -0.15) is 0 Å². The number of phenolic OH excluding ortho intramolecular Hbond substituents is 1. The van der Waals surface area contributed by atoms with E-state index in [0.717, 1.165) is 10.8 Å². The summed E-state index contributed by atoms with van der Waals surface area (Å²) in [4.78, 5) is 0. The SMILES string of the molecule is C=C.Oc1cccc2ccccc12. The number of phenols is 1. The minimum Gasteiger partial charge on any atom is -0.507 e. The maximum absolute atomic E-state index is 9.37. The van der Waals surface area contributed by atoms with E-state index in [4.69, 9.17) is 0 Å². The van der Waals surface area contributed by atoms with Crippen molar-refractivity contribution in [3.63, 3.8) is 0 Å². The molecule has 0 amide bonds. The van der Waals surface area contributed by atoms with Gasteiger partial charge in [0.05, 0.1) is 0 Å². The summed E-state index contributed by atoms with van der Waals surface area (Å²) < 4.78 is 0. The van der Waals surface area contributed by atoms with E-state index in [1.807, 2.05) is 36.4 Å². The normalized spacial score (nSPS) is 8.92. The molecule has 0 aliphatic carbocycles. The first-order valence-electron chi connectivity index (χ1n) is 4.04. The lowest BCUT2D eigenvalue weighted by Crippen LogP contribution is -1.70. The zero-order chi connectivity index (χ0) is 9.68. The Morgan fingerprint density at radius 2 is 1.46 bits per heavy atom. The Morgan fingerprint density at radius 3 is 2.15 bits per heavy atom. The average Bonchev–Trinajstić information content (AvgIpc) is 2.22. The topological polar surface area (TPSA) is 20.2 Å². The Labute approximate surface area is 78.0 Å². The summed E-state index contributed by atoms with van der Waals surface area (Å²) in [7, 11) is 0. The number of aromatic hydroxyl groups is 1. The van der Waals surface area contributed by atoms with E-state index in [0.29, 0.717) is 5.75 Å². The predicted octanol–water partition coefficient (Wildman–Crippen LogP) is 3.35. The first-order chi connectivity index (χ1) is 6.38. The molecule has 0 spiro atoms. The molecular weight excluding hydrogens is 160 g/mol. The lowest BCUT2D eigenvalue weighted by molar-refractivity contribution is 0.481. The zero-order valence-corrected chi connectivity index (χ0v) is 7.40. The monoisotopic (exact) mass is 172 g/mol. The van der Waals surface area contributed by atoms with Crippen molar-refractivity contribution in [3.05, 3.63) is 55.6 Å². The lowest BCUT2D eigenvalue weighted by atomic mass is 10.1. The smallest absolute Gasteiger partial charge is 0.123 e. The molecule has 2 aromatic carbocycles. The Balaban J connectivity index is 0.000000396. The molecule has 0 heterocycles. The highest BCUT2D eigenvalue weighted by atomic mass is 16.3. The number of fused-ring (bicyclic) bond motifs is 1. The summed E-state index contributed by atoms with van der Waals surface area (Å²) in [5.74, 6) is 0.350. The van der Waals surface area contributed by atoms with Gasteiger partial charge in [0.15, 0.2) is 0 Å². The highest BCUT2D eigenvalue weighted by Crippen LogP contribution is 2.22. The molecule has 13 heavy (non-hydrogen) atoms. The van der Waals surface area contributed by atoms with Crippen LogP contribution >= 0.6 is 0 Å². The van der Waals surface area contributed by atoms with Crippen molar-refractivity contribution in [1.82, 2.24) is 0 Å². The molecule has 1 heteroatoms. The predicted molar refractivity (Wildman–Crippen MR) is 56.9 cm³/mol. The third-order valence-electron chi connectivity index (χ3n) is 1.77. The fourth-order valence-electron chi connectivity index (χ4n) is 1.21. The van der Waals surface area contributed by atoms with Gasteiger partial charge in [0.2, 0.25) is 0 Å². The van der Waals surface area contributed by atoms with Crippen LogP contribution in [0.4, 0.5) is 0 Å². The van der Waals surface area contributed by atoms with E-state index in [1.54, 1.807) is 6.07 Å². The van der Waals surface area contributed by atoms with Crippen LogP contribution in [0.15, 0.2) is 55.6 Å². The average molecular weight is 172 g/mol. The van der Waals surface area contributed by atoms with Crippen LogP contribution in [0.1, 0.15) is 0 Å². The first kappa shape index (κ1) is 9.33. The lowest BCUT2D eigenvalue weighted by Gasteiger charge is -1.97. The molecule has 0 aliphatic rings. The molecule has 1 nitrogen and oxygen atoms in total. The molecule has 0 radical (unpaired) electrons. The molecule has 0 atom stereocenters. The third kappa shape index (κ3) is 1.88. The van der Waals surface area contributed by atoms with E-state index >= 15 is 0 Å². The van der Waals surface area contributed by atoms with Crippen molar-refractivity contribution >= 4 is 10.8 Å². The van der Waals surface area contributed by atoms with E-state index in [-0.39, 0.29) is 0 Å². The molecule has 1 N–H and O–H groups in total. The van der Waals surface area contributed by atoms with Gasteiger partial charge >= 0.3 is 0 Å². The molecule has 2 aromatic rings. The summed E-state index contributed by atoms with van der Waals surface area (Å²) >= 11 is 0. The summed E-state index contributed by atoms with van der Waals surface area (Å²) in [5, 5.41) is 11.4. The van der Waals surface area contributed by atoms with Crippen molar-refractivity contribution < 1.29 is 5.11 Å². The largest absolute Gasteiger partial charge is 0.507 e. The highest BCUT2D eigenvalue weighted by Gasteiger charge is 1.94. The second kappa shape index (κ2) is 4.31. The number of hydrogen-bond acceptors (Lipinski definition) is 1. The van der Waals surface area contributed by atoms with Crippen LogP contribution < -0.4 is 0 Å². The van der Waals surface area contributed by atoms with Crippen molar-refractivity contribution in [2.75, 3.05) is 0 Å². The van der Waals surface area contributed by atoms with Crippen LogP contribution in [0.2, 0.25) is 0 Å². The molecule has 0 fully saturated rings. The number of benzene rings is 2. The van der Waals surface area contributed by atoms with E-state index in [9.17, 15) is 5.11 Å². The fraction of sp³-hybridized carbons (Fsp3) is 0. The number of rotatable bonds is 0. The number of hydrogen-bond donors (Lipinski definition) is 1. The van der Waals surface area contributed by atoms with Crippen molar-refractivity contribution in [2.45, 2.75) is 0 Å². The Hall–Kier alpha value is -1.76. The van der Waals surface area contributed by atoms with Gasteiger partial charge in [0.25, 0.3) is 0 Å². The zero-order valence-electron chi connectivity index (χ0n) is 7.40. The van der Waals surface area contributed by atoms with Crippen molar-refractivity contribution in [2.24, 2.45) is 0 Å². The van der Waals surface area contributed by atoms with Gasteiger partial charge < -0.3 is 5.11 Å². The van der Waals surface area contributed by atoms with Crippen LogP contribution in [0, 0.1) is 0 Å². The minimum absolute atomic E-state index is 0.350. The standard InChI is InChI=1S/C10H8O.C2H4/c11-10-7-3-5-8-4-1-2-6-9(8)10;1-2/h1-7,11H;1-2H2. The summed E-state index contributed by atoms with van der Waals surface area (Å²) in [6.07, 6.45) is 0. The van der Waals surface area contributed by atoms with Crippen LogP contribution in [0.25, 0.3) is 10.8 Å². The molecular formula is C12H12O. The third-order valence-corrected chi connectivity index (χ3v) is 1.77. The van der Waals surface area contributed by atoms with Crippen LogP contribution in [-0.4, -0.2) is 5.11 Å². The maximum Gasteiger partial charge on any atom is 0.123 e. The van der Waals surface area contributed by atoms with Crippen LogP contribution in [0.5, 0.6) is 5.75 Å². The molecule has 0 saturated heterocycles. The second-order valence-electron chi connectivity index (χ2n) is 2.50. The molecule has 0 aliphatic heterocycles. The molecule has 66 valence electrons. The summed E-state index contributed by atoms with van der Waals surface area (Å²) in [6.45, 7) is 6.00. The van der Waals surface area contributed by atoms with Gasteiger partial charge in [0, 0.05) is 5.39 Å². The van der Waals surface area contributed by atoms with Gasteiger partial charge in [-0.25, -0.2) is 0 Å². The highest BCUT2D eigenvalue weighted by molar-refractivity contribution is 5.87. The Bertz CT molecular complexity index is 388. The quantitative estimate of drug-likeness (QED) is 0.604. The molecule has 2 rings (SSSR count). The fourth-order valence-corrected chi connectivity index (χ4v) is 1.21. The van der Waals surface area contributed by atoms with Crippen LogP contribution in [-0.2, 0) is 0 Å². The second-order valence-corrected chi connectivity index (χ2v) is 2.50. The molecule has 0 saturated carbocycles. The summed E-state index contributed by atoms with van der Waals surface area (Å²) in [5.41, 5.74) is 0. The first-order valence-corrected chi connectivity index (χ1v) is 4.04. The van der Waals surface area contributed by atoms with E-state index in [2.05, 4.69) is 13.2 Å². The van der Waals surface area contributed by atoms with Gasteiger partial charge in [-0.05, 0) is 11.5 Å². The van der Waals surface area contributed by atoms with Crippen molar-refractivity contribution in [3.8, 4) is 5.75 Å². The minimum atomic E-state index is 0.350. The van der Waals surface area contributed by atoms with Gasteiger partial charge in [-0.3, -0.25) is 0 Å². The van der Waals surface area contributed by atoms with Gasteiger partial charge in [-0.15, -0.1) is 13.2 Å². The van der Waals surface area contributed by atoms with Gasteiger partial charge in [0.1, 0.15) is 5.75 Å². The van der Waals surface area contributed by atoms with Crippen molar-refractivity contribution in [1.29, 1.82) is 0 Å². The molecule has 0 unspecified atom stereocenters. The Kier molecular flexibility index (Phi) is 3.09. The van der Waals surface area contributed by atoms with E-state index in [1.165, 1.54) is 0 Å².